The molecule has 3 aliphatic rings. The molecular weight excluding hydrogens is 687 g/mol. The fourth-order valence-corrected chi connectivity index (χ4v) is 7.81. The van der Waals surface area contributed by atoms with Crippen molar-refractivity contribution in [1.29, 1.82) is 0 Å². The van der Waals surface area contributed by atoms with Crippen LogP contribution in [0.2, 0.25) is 0 Å². The lowest BCUT2D eigenvalue weighted by atomic mass is 9.66. The normalized spacial score (nSPS) is 27.0. The Morgan fingerprint density at radius 2 is 1.71 bits per heavy atom. The van der Waals surface area contributed by atoms with Crippen molar-refractivity contribution in [2.45, 2.75) is 36.3 Å². The molecule has 0 saturated carbocycles. The number of benzene rings is 3. The number of morpholine rings is 1. The number of fused-ring (bicyclic) bond motifs is 3. The second-order valence-electron chi connectivity index (χ2n) is 11.3. The standard InChI is InChI=1S/C35H29IN2O7/c1-2-17-43-32(40)27-29-33(41)45-30(21-11-7-4-8-12-21)28(20-9-5-3-6-10-20)38(29)31(26-16-14-23(19-39)44-26)35(27)24-18-22(36)13-15-25(24)37-34(35)42/h2-16,18,27-31,39H,1,17,19H2,(H,37,42)/t27-,28-,29-,30+,31+,35-/m1/s1. The summed E-state index contributed by atoms with van der Waals surface area (Å²) in [6.07, 6.45) is 0.657. The first kappa shape index (κ1) is 29.5. The molecule has 0 aliphatic carbocycles. The van der Waals surface area contributed by atoms with Gasteiger partial charge in [-0.25, -0.2) is 0 Å². The average Bonchev–Trinajstić information content (AvgIpc) is 3.74. The minimum absolute atomic E-state index is 0.108. The number of amides is 1. The maximum Gasteiger partial charge on any atom is 0.325 e. The number of hydrogen-bond acceptors (Lipinski definition) is 8. The summed E-state index contributed by atoms with van der Waals surface area (Å²) in [5.41, 5.74) is 0.994. The van der Waals surface area contributed by atoms with Gasteiger partial charge >= 0.3 is 11.9 Å². The van der Waals surface area contributed by atoms with Crippen LogP contribution >= 0.6 is 22.6 Å². The Labute approximate surface area is 273 Å². The van der Waals surface area contributed by atoms with E-state index in [2.05, 4.69) is 34.5 Å². The molecule has 1 amide bonds. The van der Waals surface area contributed by atoms with Crippen molar-refractivity contribution in [2.75, 3.05) is 11.9 Å². The van der Waals surface area contributed by atoms with Gasteiger partial charge in [0.15, 0.2) is 0 Å². The summed E-state index contributed by atoms with van der Waals surface area (Å²) in [6.45, 7) is 3.20. The van der Waals surface area contributed by atoms with Crippen molar-refractivity contribution in [3.63, 3.8) is 0 Å². The number of esters is 2. The third kappa shape index (κ3) is 4.53. The summed E-state index contributed by atoms with van der Waals surface area (Å²) in [4.78, 5) is 45.2. The van der Waals surface area contributed by atoms with E-state index in [0.717, 1.165) is 14.7 Å². The summed E-state index contributed by atoms with van der Waals surface area (Å²) in [5, 5.41) is 13.0. The predicted molar refractivity (Wildman–Crippen MR) is 172 cm³/mol. The van der Waals surface area contributed by atoms with Gasteiger partial charge < -0.3 is 24.3 Å². The lowest BCUT2D eigenvalue weighted by molar-refractivity contribution is -0.180. The van der Waals surface area contributed by atoms with Gasteiger partial charge in [-0.05, 0) is 69.6 Å². The number of cyclic esters (lactones) is 1. The van der Waals surface area contributed by atoms with Crippen LogP contribution in [-0.4, -0.2) is 40.5 Å². The number of hydrogen-bond donors (Lipinski definition) is 2. The van der Waals surface area contributed by atoms with Crippen molar-refractivity contribution in [2.24, 2.45) is 5.92 Å². The van der Waals surface area contributed by atoms with Crippen LogP contribution in [0.3, 0.4) is 0 Å². The van der Waals surface area contributed by atoms with Crippen molar-refractivity contribution in [3.8, 4) is 0 Å². The lowest BCUT2D eigenvalue weighted by Gasteiger charge is -2.45. The molecule has 3 aliphatic heterocycles. The highest BCUT2D eigenvalue weighted by molar-refractivity contribution is 14.1. The summed E-state index contributed by atoms with van der Waals surface area (Å²) in [7, 11) is 0. The zero-order valence-corrected chi connectivity index (χ0v) is 26.1. The maximum atomic E-state index is 14.6. The van der Waals surface area contributed by atoms with Crippen molar-refractivity contribution in [3.05, 3.63) is 135 Å². The molecule has 4 aromatic rings. The fourth-order valence-electron chi connectivity index (χ4n) is 7.32. The largest absolute Gasteiger partial charge is 0.462 e. The number of aliphatic hydroxyl groups excluding tert-OH is 1. The highest BCUT2D eigenvalue weighted by Crippen LogP contribution is 2.65. The fraction of sp³-hybridized carbons (Fsp3) is 0.229. The minimum atomic E-state index is -1.67. The van der Waals surface area contributed by atoms with Crippen LogP contribution in [0.25, 0.3) is 0 Å². The molecular formula is C35H29IN2O7. The molecule has 0 radical (unpaired) electrons. The first-order valence-electron chi connectivity index (χ1n) is 14.6. The Bertz CT molecular complexity index is 1790. The minimum Gasteiger partial charge on any atom is -0.462 e. The Hall–Kier alpha value is -4.26. The number of aliphatic hydroxyl groups is 1. The molecule has 1 spiro atoms. The molecule has 2 saturated heterocycles. The number of carbonyl (C=O) groups is 3. The number of anilines is 1. The number of nitrogens with zero attached hydrogens (tertiary/aromatic N) is 1. The zero-order chi connectivity index (χ0) is 31.3. The summed E-state index contributed by atoms with van der Waals surface area (Å²) in [6, 6.07) is 25.0. The SMILES string of the molecule is C=CCOC(=O)[C@H]1[C@@H]2C(=O)O[C@@H](c3ccccc3)[C@@H](c3ccccc3)N2[C@@H](c2ccc(CO)o2)[C@]12C(=O)Nc1ccc(I)cc12. The first-order valence-corrected chi connectivity index (χ1v) is 15.6. The molecule has 10 heteroatoms. The van der Waals surface area contributed by atoms with E-state index >= 15 is 0 Å². The van der Waals surface area contributed by atoms with E-state index in [1.165, 1.54) is 6.08 Å². The van der Waals surface area contributed by atoms with Gasteiger partial charge in [-0.15, -0.1) is 0 Å². The molecule has 228 valence electrons. The molecule has 4 heterocycles. The Morgan fingerprint density at radius 3 is 2.38 bits per heavy atom. The average molecular weight is 717 g/mol. The van der Waals surface area contributed by atoms with Crippen LogP contribution in [0.1, 0.15) is 46.4 Å². The van der Waals surface area contributed by atoms with Gasteiger partial charge in [0.2, 0.25) is 5.91 Å². The van der Waals surface area contributed by atoms with Crippen LogP contribution < -0.4 is 5.32 Å². The molecule has 6 atom stereocenters. The molecule has 0 bridgehead atoms. The van der Waals surface area contributed by atoms with Crippen LogP contribution in [0.4, 0.5) is 5.69 Å². The quantitative estimate of drug-likeness (QED) is 0.149. The van der Waals surface area contributed by atoms with Crippen molar-refractivity contribution >= 4 is 46.1 Å². The smallest absolute Gasteiger partial charge is 0.325 e. The second kappa shape index (κ2) is 11.6. The van der Waals surface area contributed by atoms with E-state index in [9.17, 15) is 19.5 Å². The number of nitrogens with one attached hydrogen (secondary N) is 1. The number of rotatable bonds is 7. The van der Waals surface area contributed by atoms with Crippen molar-refractivity contribution < 1.29 is 33.4 Å². The topological polar surface area (TPSA) is 118 Å². The molecule has 2 fully saturated rings. The molecule has 45 heavy (non-hydrogen) atoms. The molecule has 9 nitrogen and oxygen atoms in total. The summed E-state index contributed by atoms with van der Waals surface area (Å²) in [5.74, 6) is -2.56. The number of carbonyl (C=O) groups excluding carboxylic acids is 3. The van der Waals surface area contributed by atoms with Gasteiger partial charge in [0.25, 0.3) is 0 Å². The summed E-state index contributed by atoms with van der Waals surface area (Å²) < 4.78 is 19.0. The van der Waals surface area contributed by atoms with E-state index < -0.39 is 53.4 Å². The van der Waals surface area contributed by atoms with E-state index in [0.29, 0.717) is 17.0 Å². The second-order valence-corrected chi connectivity index (χ2v) is 12.5. The van der Waals surface area contributed by atoms with Crippen LogP contribution in [0.5, 0.6) is 0 Å². The van der Waals surface area contributed by atoms with Crippen LogP contribution in [-0.2, 0) is 35.9 Å². The number of furan rings is 1. The van der Waals surface area contributed by atoms with E-state index in [1.807, 2.05) is 77.7 Å². The van der Waals surface area contributed by atoms with Gasteiger partial charge in [-0.1, -0.05) is 73.3 Å². The maximum absolute atomic E-state index is 14.6. The van der Waals surface area contributed by atoms with Gasteiger partial charge in [-0.2, -0.15) is 0 Å². The molecule has 7 rings (SSSR count). The van der Waals surface area contributed by atoms with Crippen molar-refractivity contribution in [1.82, 2.24) is 4.90 Å². The zero-order valence-electron chi connectivity index (χ0n) is 24.0. The number of ether oxygens (including phenoxy) is 2. The van der Waals surface area contributed by atoms with E-state index in [-0.39, 0.29) is 19.0 Å². The van der Waals surface area contributed by atoms with Crippen LogP contribution in [0, 0.1) is 9.49 Å². The Kier molecular flexibility index (Phi) is 7.58. The lowest BCUT2D eigenvalue weighted by Crippen LogP contribution is -2.52. The Balaban J connectivity index is 1.56. The molecule has 1 aromatic heterocycles. The van der Waals surface area contributed by atoms with Gasteiger partial charge in [0.05, 0.1) is 12.1 Å². The van der Waals surface area contributed by atoms with E-state index in [4.69, 9.17) is 13.9 Å². The first-order chi connectivity index (χ1) is 21.9. The molecule has 3 aromatic carbocycles. The summed E-state index contributed by atoms with van der Waals surface area (Å²) >= 11 is 2.17. The molecule has 0 unspecified atom stereocenters. The molecule has 2 N–H and O–H groups in total. The predicted octanol–water partition coefficient (Wildman–Crippen LogP) is 5.38. The highest BCUT2D eigenvalue weighted by Gasteiger charge is 2.75. The third-order valence-electron chi connectivity index (χ3n) is 8.98. The van der Waals surface area contributed by atoms with Gasteiger partial charge in [-0.3, -0.25) is 19.3 Å². The highest BCUT2D eigenvalue weighted by atomic mass is 127. The van der Waals surface area contributed by atoms with Crippen LogP contribution in [0.15, 0.2) is 108 Å². The van der Waals surface area contributed by atoms with Gasteiger partial charge in [0.1, 0.15) is 48.2 Å². The monoisotopic (exact) mass is 716 g/mol. The Morgan fingerprint density at radius 1 is 1.00 bits per heavy atom. The number of halogens is 1. The third-order valence-corrected chi connectivity index (χ3v) is 9.65. The van der Waals surface area contributed by atoms with E-state index in [1.54, 1.807) is 18.2 Å². The van der Waals surface area contributed by atoms with Gasteiger partial charge in [0, 0.05) is 9.26 Å².